The summed E-state index contributed by atoms with van der Waals surface area (Å²) in [6.45, 7) is 0.936. The minimum Gasteiger partial charge on any atom is -0.391 e. The van der Waals surface area contributed by atoms with Gasteiger partial charge in [0.2, 0.25) is 5.91 Å². The lowest BCUT2D eigenvalue weighted by Gasteiger charge is -2.29. The number of carbonyl (C=O) groups excluding carboxylic acids is 1. The van der Waals surface area contributed by atoms with Crippen LogP contribution in [-0.4, -0.2) is 35.7 Å². The monoisotopic (exact) mass is 248 g/mol. The first-order valence-corrected chi connectivity index (χ1v) is 5.99. The summed E-state index contributed by atoms with van der Waals surface area (Å²) in [6, 6.07) is -0.0484. The highest BCUT2D eigenvalue weighted by molar-refractivity contribution is 5.85. The normalized spacial score (nSPS) is 34.2. The van der Waals surface area contributed by atoms with Gasteiger partial charge < -0.3 is 15.7 Å². The molecular weight excluding hydrogens is 228 g/mol. The Balaban J connectivity index is 0.00000128. The number of halogens is 1. The molecule has 1 aliphatic carbocycles. The number of aliphatic hydroxyl groups is 1. The van der Waals surface area contributed by atoms with Crippen molar-refractivity contribution in [2.75, 3.05) is 6.54 Å². The van der Waals surface area contributed by atoms with Crippen LogP contribution in [0.5, 0.6) is 0 Å². The van der Waals surface area contributed by atoms with Crippen LogP contribution >= 0.6 is 12.4 Å². The van der Waals surface area contributed by atoms with E-state index in [1.165, 1.54) is 0 Å². The van der Waals surface area contributed by atoms with E-state index in [0.29, 0.717) is 0 Å². The smallest absolute Gasteiger partial charge is 0.237 e. The summed E-state index contributed by atoms with van der Waals surface area (Å²) in [7, 11) is 0. The summed E-state index contributed by atoms with van der Waals surface area (Å²) in [5.41, 5.74) is 0. The molecule has 3 N–H and O–H groups in total. The molecule has 0 radical (unpaired) electrons. The molecule has 0 aromatic heterocycles. The molecule has 3 atom stereocenters. The van der Waals surface area contributed by atoms with Crippen LogP contribution in [0.15, 0.2) is 0 Å². The van der Waals surface area contributed by atoms with Gasteiger partial charge in [-0.25, -0.2) is 0 Å². The summed E-state index contributed by atoms with van der Waals surface area (Å²) in [6.07, 6.45) is 5.59. The topological polar surface area (TPSA) is 61.4 Å². The summed E-state index contributed by atoms with van der Waals surface area (Å²) in [5.74, 6) is 0.0680. The second-order valence-electron chi connectivity index (χ2n) is 4.62. The minimum atomic E-state index is -0.343. The molecule has 94 valence electrons. The summed E-state index contributed by atoms with van der Waals surface area (Å²) in [5, 5.41) is 15.9. The van der Waals surface area contributed by atoms with Gasteiger partial charge in [0.15, 0.2) is 0 Å². The molecular formula is C11H21ClN2O2. The number of hydrogen-bond donors (Lipinski definition) is 3. The van der Waals surface area contributed by atoms with Crippen molar-refractivity contribution in [1.82, 2.24) is 10.6 Å². The van der Waals surface area contributed by atoms with Crippen molar-refractivity contribution < 1.29 is 9.90 Å². The number of rotatable bonds is 2. The van der Waals surface area contributed by atoms with E-state index in [4.69, 9.17) is 0 Å². The molecule has 2 fully saturated rings. The second kappa shape index (κ2) is 6.42. The largest absolute Gasteiger partial charge is 0.391 e. The molecule has 0 bridgehead atoms. The Morgan fingerprint density at radius 3 is 2.56 bits per heavy atom. The van der Waals surface area contributed by atoms with E-state index >= 15 is 0 Å². The first-order valence-electron chi connectivity index (χ1n) is 5.99. The molecule has 0 aromatic carbocycles. The zero-order chi connectivity index (χ0) is 10.7. The van der Waals surface area contributed by atoms with Gasteiger partial charge >= 0.3 is 0 Å². The molecule has 1 saturated heterocycles. The van der Waals surface area contributed by atoms with E-state index in [1.54, 1.807) is 0 Å². The Labute approximate surface area is 103 Å². The quantitative estimate of drug-likeness (QED) is 0.670. The van der Waals surface area contributed by atoms with E-state index in [9.17, 15) is 9.90 Å². The molecule has 2 aliphatic rings. The van der Waals surface area contributed by atoms with Crippen LogP contribution in [0, 0.1) is 0 Å². The van der Waals surface area contributed by atoms with Crippen molar-refractivity contribution >= 4 is 18.3 Å². The SMILES string of the molecule is Cl.O=C(NC1CCCCC1O)C1CCCN1. The summed E-state index contributed by atoms with van der Waals surface area (Å²) >= 11 is 0. The van der Waals surface area contributed by atoms with Crippen LogP contribution in [0.1, 0.15) is 38.5 Å². The Morgan fingerprint density at radius 2 is 1.94 bits per heavy atom. The lowest BCUT2D eigenvalue weighted by Crippen LogP contribution is -2.50. The van der Waals surface area contributed by atoms with Crippen molar-refractivity contribution in [3.63, 3.8) is 0 Å². The van der Waals surface area contributed by atoms with Crippen molar-refractivity contribution in [3.05, 3.63) is 0 Å². The van der Waals surface area contributed by atoms with Gasteiger partial charge in [0.25, 0.3) is 0 Å². The fourth-order valence-corrected chi connectivity index (χ4v) is 2.47. The van der Waals surface area contributed by atoms with Crippen molar-refractivity contribution in [2.45, 2.75) is 56.7 Å². The van der Waals surface area contributed by atoms with E-state index in [1.807, 2.05) is 0 Å². The minimum absolute atomic E-state index is 0. The summed E-state index contributed by atoms with van der Waals surface area (Å²) in [4.78, 5) is 11.8. The van der Waals surface area contributed by atoms with Crippen LogP contribution < -0.4 is 10.6 Å². The lowest BCUT2D eigenvalue weighted by atomic mass is 9.92. The van der Waals surface area contributed by atoms with Crippen molar-refractivity contribution in [2.24, 2.45) is 0 Å². The average molecular weight is 249 g/mol. The van der Waals surface area contributed by atoms with E-state index in [2.05, 4.69) is 10.6 Å². The van der Waals surface area contributed by atoms with Crippen molar-refractivity contribution in [3.8, 4) is 0 Å². The van der Waals surface area contributed by atoms with E-state index in [-0.39, 0.29) is 36.5 Å². The second-order valence-corrected chi connectivity index (χ2v) is 4.62. The zero-order valence-electron chi connectivity index (χ0n) is 9.45. The van der Waals surface area contributed by atoms with Gasteiger partial charge in [-0.1, -0.05) is 12.8 Å². The maximum Gasteiger partial charge on any atom is 0.237 e. The molecule has 4 nitrogen and oxygen atoms in total. The molecule has 1 heterocycles. The van der Waals surface area contributed by atoms with Gasteiger partial charge in [-0.2, -0.15) is 0 Å². The Morgan fingerprint density at radius 1 is 1.19 bits per heavy atom. The first-order chi connectivity index (χ1) is 7.27. The zero-order valence-corrected chi connectivity index (χ0v) is 10.3. The standard InChI is InChI=1S/C11H20N2O2.ClH/c14-10-6-2-1-4-8(10)13-11(15)9-5-3-7-12-9;/h8-10,12,14H,1-7H2,(H,13,15);1H. The third-order valence-electron chi connectivity index (χ3n) is 3.43. The fourth-order valence-electron chi connectivity index (χ4n) is 2.47. The van der Waals surface area contributed by atoms with Gasteiger partial charge in [0.1, 0.15) is 0 Å². The van der Waals surface area contributed by atoms with Crippen molar-refractivity contribution in [1.29, 1.82) is 0 Å². The number of amides is 1. The maximum atomic E-state index is 11.8. The van der Waals surface area contributed by atoms with Gasteiger partial charge in [-0.15, -0.1) is 12.4 Å². The number of carbonyl (C=O) groups is 1. The Kier molecular flexibility index (Phi) is 5.52. The maximum absolute atomic E-state index is 11.8. The van der Waals surface area contributed by atoms with Gasteiger partial charge in [-0.3, -0.25) is 4.79 Å². The molecule has 0 aromatic rings. The fraction of sp³-hybridized carbons (Fsp3) is 0.909. The molecule has 1 aliphatic heterocycles. The molecule has 0 spiro atoms. The van der Waals surface area contributed by atoms with E-state index in [0.717, 1.165) is 45.1 Å². The summed E-state index contributed by atoms with van der Waals surface area (Å²) < 4.78 is 0. The molecule has 2 rings (SSSR count). The molecule has 1 amide bonds. The number of hydrogen-bond acceptors (Lipinski definition) is 3. The first kappa shape index (κ1) is 13.7. The van der Waals surface area contributed by atoms with Crippen LogP contribution in [-0.2, 0) is 4.79 Å². The molecule has 16 heavy (non-hydrogen) atoms. The van der Waals surface area contributed by atoms with Gasteiger partial charge in [-0.05, 0) is 32.2 Å². The Hall–Kier alpha value is -0.320. The number of aliphatic hydroxyl groups excluding tert-OH is 1. The van der Waals surface area contributed by atoms with Crippen LogP contribution in [0.2, 0.25) is 0 Å². The average Bonchev–Trinajstić information content (AvgIpc) is 2.74. The molecule has 5 heteroatoms. The van der Waals surface area contributed by atoms with Gasteiger partial charge in [0.05, 0.1) is 18.2 Å². The van der Waals surface area contributed by atoms with Crippen LogP contribution in [0.25, 0.3) is 0 Å². The van der Waals surface area contributed by atoms with Crippen LogP contribution in [0.4, 0.5) is 0 Å². The molecule has 3 unspecified atom stereocenters. The Bertz CT molecular complexity index is 232. The van der Waals surface area contributed by atoms with E-state index < -0.39 is 0 Å². The predicted octanol–water partition coefficient (Wildman–Crippen LogP) is 0.580. The third-order valence-corrected chi connectivity index (χ3v) is 3.43. The third kappa shape index (κ3) is 3.34. The highest BCUT2D eigenvalue weighted by Crippen LogP contribution is 2.18. The molecule has 1 saturated carbocycles. The highest BCUT2D eigenvalue weighted by Gasteiger charge is 2.28. The highest BCUT2D eigenvalue weighted by atomic mass is 35.5. The number of nitrogens with one attached hydrogen (secondary N) is 2. The predicted molar refractivity (Wildman–Crippen MR) is 64.7 cm³/mol. The van der Waals surface area contributed by atoms with Gasteiger partial charge in [0, 0.05) is 0 Å². The van der Waals surface area contributed by atoms with Crippen LogP contribution in [0.3, 0.4) is 0 Å². The lowest BCUT2D eigenvalue weighted by molar-refractivity contribution is -0.124.